The van der Waals surface area contributed by atoms with Crippen LogP contribution in [0.15, 0.2) is 36.7 Å². The molecule has 1 aromatic carbocycles. The topological polar surface area (TPSA) is 98.2 Å². The third kappa shape index (κ3) is 4.80. The van der Waals surface area contributed by atoms with Crippen LogP contribution >= 0.6 is 0 Å². The van der Waals surface area contributed by atoms with Gasteiger partial charge in [0, 0.05) is 32.9 Å². The van der Waals surface area contributed by atoms with E-state index in [1.165, 1.54) is 0 Å². The number of morpholine rings is 2. The summed E-state index contributed by atoms with van der Waals surface area (Å²) in [5.74, 6) is -0.378. The quantitative estimate of drug-likeness (QED) is 0.774. The smallest absolute Gasteiger partial charge is 0.317 e. The molecule has 1 N–H and O–H groups in total. The minimum atomic E-state index is -1.02. The van der Waals surface area contributed by atoms with Crippen molar-refractivity contribution in [2.24, 2.45) is 7.05 Å². The molecule has 166 valence electrons. The third-order valence-electron chi connectivity index (χ3n) is 5.45. The number of methoxy groups -OCH3 is 1. The molecule has 2 aliphatic rings. The molecule has 1 unspecified atom stereocenters. The van der Waals surface area contributed by atoms with E-state index in [1.54, 1.807) is 41.0 Å². The van der Waals surface area contributed by atoms with Crippen molar-refractivity contribution in [1.82, 2.24) is 24.9 Å². The number of aryl methyl sites for hydroxylation is 1. The van der Waals surface area contributed by atoms with Gasteiger partial charge in [-0.2, -0.15) is 5.10 Å². The van der Waals surface area contributed by atoms with Crippen LogP contribution < -0.4 is 10.1 Å². The number of nitrogens with one attached hydrogen (secondary N) is 1. The van der Waals surface area contributed by atoms with Gasteiger partial charge in [-0.05, 0) is 17.7 Å². The van der Waals surface area contributed by atoms with E-state index in [0.29, 0.717) is 38.4 Å². The molecule has 0 radical (unpaired) electrons. The minimum Gasteiger partial charge on any atom is -0.497 e. The average Bonchev–Trinajstić information content (AvgIpc) is 3.23. The van der Waals surface area contributed by atoms with E-state index in [4.69, 9.17) is 14.2 Å². The second-order valence-electron chi connectivity index (χ2n) is 7.67. The average molecular weight is 429 g/mol. The van der Waals surface area contributed by atoms with Crippen LogP contribution in [-0.4, -0.2) is 83.8 Å². The highest BCUT2D eigenvalue weighted by Crippen LogP contribution is 2.25. The number of carbonyl (C=O) groups excluding carboxylic acids is 2. The highest BCUT2D eigenvalue weighted by atomic mass is 16.7. The highest BCUT2D eigenvalue weighted by molar-refractivity contribution is 5.93. The van der Waals surface area contributed by atoms with Crippen molar-refractivity contribution in [2.45, 2.75) is 12.3 Å². The van der Waals surface area contributed by atoms with E-state index in [2.05, 4.69) is 10.4 Å². The fourth-order valence-corrected chi connectivity index (χ4v) is 3.79. The van der Waals surface area contributed by atoms with E-state index in [0.717, 1.165) is 11.3 Å². The first-order valence-corrected chi connectivity index (χ1v) is 10.2. The van der Waals surface area contributed by atoms with Crippen molar-refractivity contribution in [3.05, 3.63) is 47.8 Å². The first-order valence-electron chi connectivity index (χ1n) is 10.2. The van der Waals surface area contributed by atoms with Crippen LogP contribution in [0.2, 0.25) is 0 Å². The van der Waals surface area contributed by atoms with E-state index in [1.807, 2.05) is 24.3 Å². The molecule has 10 heteroatoms. The second-order valence-corrected chi connectivity index (χ2v) is 7.67. The van der Waals surface area contributed by atoms with Crippen LogP contribution in [0.3, 0.4) is 0 Å². The molecule has 2 fully saturated rings. The molecule has 0 bridgehead atoms. The normalized spacial score (nSPS) is 21.2. The zero-order valence-electron chi connectivity index (χ0n) is 17.7. The lowest BCUT2D eigenvalue weighted by atomic mass is 10.1. The lowest BCUT2D eigenvalue weighted by Crippen LogP contribution is -2.64. The first kappa shape index (κ1) is 21.1. The molecular formula is C21H27N5O5. The molecule has 10 nitrogen and oxygen atoms in total. The van der Waals surface area contributed by atoms with Crippen molar-refractivity contribution in [1.29, 1.82) is 0 Å². The number of aromatic nitrogens is 2. The van der Waals surface area contributed by atoms with Gasteiger partial charge in [-0.25, -0.2) is 4.79 Å². The van der Waals surface area contributed by atoms with Gasteiger partial charge >= 0.3 is 6.03 Å². The molecule has 0 saturated carbocycles. The number of nitrogens with zero attached hydrogens (tertiary/aromatic N) is 4. The second kappa shape index (κ2) is 8.94. The summed E-state index contributed by atoms with van der Waals surface area (Å²) in [5.41, 5.74) is 1.49. The molecule has 3 amide bonds. The Morgan fingerprint density at radius 3 is 2.45 bits per heavy atom. The third-order valence-corrected chi connectivity index (χ3v) is 5.45. The molecule has 0 aliphatic carbocycles. The highest BCUT2D eigenvalue weighted by Gasteiger charge is 2.44. The zero-order valence-corrected chi connectivity index (χ0v) is 17.7. The van der Waals surface area contributed by atoms with E-state index in [9.17, 15) is 9.59 Å². The fraction of sp³-hybridized carbons (Fsp3) is 0.476. The lowest BCUT2D eigenvalue weighted by Gasteiger charge is -2.47. The standard InChI is InChI=1S/C21H27N5O5/c1-24-13-17(12-23-24)19(27)25-7-9-30-21(14-25)15-26(8-10-31-21)20(28)22-11-16-3-5-18(29-2)6-4-16/h3-6,12-13H,7-11,14-15H2,1-2H3,(H,22,28). The Kier molecular flexibility index (Phi) is 6.10. The monoisotopic (exact) mass is 429 g/mol. The van der Waals surface area contributed by atoms with Gasteiger partial charge in [0.15, 0.2) is 0 Å². The predicted molar refractivity (Wildman–Crippen MR) is 111 cm³/mol. The Morgan fingerprint density at radius 2 is 1.81 bits per heavy atom. The van der Waals surface area contributed by atoms with E-state index >= 15 is 0 Å². The van der Waals surface area contributed by atoms with Gasteiger partial charge in [0.1, 0.15) is 5.75 Å². The molecule has 2 aromatic rings. The number of ether oxygens (including phenoxy) is 3. The van der Waals surface area contributed by atoms with Gasteiger partial charge < -0.3 is 29.3 Å². The van der Waals surface area contributed by atoms with Crippen LogP contribution in [0.1, 0.15) is 15.9 Å². The SMILES string of the molecule is COc1ccc(CNC(=O)N2CCOC3(C2)CN(C(=O)c2cnn(C)c2)CCO3)cc1. The number of rotatable bonds is 4. The molecule has 4 rings (SSSR count). The summed E-state index contributed by atoms with van der Waals surface area (Å²) in [4.78, 5) is 28.9. The molecule has 1 atom stereocenters. The lowest BCUT2D eigenvalue weighted by molar-refractivity contribution is -0.281. The number of amides is 3. The van der Waals surface area contributed by atoms with Crippen LogP contribution in [0.4, 0.5) is 4.79 Å². The number of benzene rings is 1. The van der Waals surface area contributed by atoms with E-state index < -0.39 is 5.79 Å². The van der Waals surface area contributed by atoms with Crippen LogP contribution in [0.5, 0.6) is 5.75 Å². The Morgan fingerprint density at radius 1 is 1.13 bits per heavy atom. The summed E-state index contributed by atoms with van der Waals surface area (Å²) < 4.78 is 18.6. The van der Waals surface area contributed by atoms with Crippen LogP contribution in [0.25, 0.3) is 0 Å². The Labute approximate surface area is 180 Å². The molecule has 1 spiro atoms. The van der Waals surface area contributed by atoms with Gasteiger partial charge in [-0.1, -0.05) is 12.1 Å². The summed E-state index contributed by atoms with van der Waals surface area (Å²) in [6, 6.07) is 7.33. The molecule has 2 saturated heterocycles. The molecule has 3 heterocycles. The number of carbonyl (C=O) groups is 2. The molecule has 2 aliphatic heterocycles. The fourth-order valence-electron chi connectivity index (χ4n) is 3.79. The van der Waals surface area contributed by atoms with Crippen molar-refractivity contribution in [2.75, 3.05) is 46.5 Å². The summed E-state index contributed by atoms with van der Waals surface area (Å²) in [6.45, 7) is 2.50. The summed E-state index contributed by atoms with van der Waals surface area (Å²) in [7, 11) is 3.38. The number of hydrogen-bond acceptors (Lipinski definition) is 6. The van der Waals surface area contributed by atoms with Gasteiger partial charge in [-0.3, -0.25) is 9.48 Å². The molecular weight excluding hydrogens is 402 g/mol. The Hall–Kier alpha value is -3.11. The van der Waals surface area contributed by atoms with Gasteiger partial charge in [0.05, 0.1) is 45.2 Å². The van der Waals surface area contributed by atoms with Crippen molar-refractivity contribution >= 4 is 11.9 Å². The van der Waals surface area contributed by atoms with E-state index in [-0.39, 0.29) is 25.0 Å². The van der Waals surface area contributed by atoms with Gasteiger partial charge in [0.2, 0.25) is 5.79 Å². The maximum atomic E-state index is 12.8. The maximum absolute atomic E-state index is 12.8. The molecule has 1 aromatic heterocycles. The van der Waals surface area contributed by atoms with Gasteiger partial charge in [0.25, 0.3) is 5.91 Å². The zero-order chi connectivity index (χ0) is 21.8. The van der Waals surface area contributed by atoms with Crippen molar-refractivity contribution < 1.29 is 23.8 Å². The first-order chi connectivity index (χ1) is 15.0. The van der Waals surface area contributed by atoms with Crippen molar-refractivity contribution in [3.8, 4) is 5.75 Å². The van der Waals surface area contributed by atoms with Crippen LogP contribution in [-0.2, 0) is 23.1 Å². The largest absolute Gasteiger partial charge is 0.497 e. The Balaban J connectivity index is 1.36. The predicted octanol–water partition coefficient (Wildman–Crippen LogP) is 0.839. The van der Waals surface area contributed by atoms with Crippen LogP contribution in [0, 0.1) is 0 Å². The molecule has 31 heavy (non-hydrogen) atoms. The summed E-state index contributed by atoms with van der Waals surface area (Å²) in [6.07, 6.45) is 3.23. The summed E-state index contributed by atoms with van der Waals surface area (Å²) >= 11 is 0. The van der Waals surface area contributed by atoms with Crippen molar-refractivity contribution in [3.63, 3.8) is 0 Å². The summed E-state index contributed by atoms with van der Waals surface area (Å²) in [5, 5.41) is 7.00. The maximum Gasteiger partial charge on any atom is 0.317 e. The Bertz CT molecular complexity index is 926. The minimum absolute atomic E-state index is 0.125. The number of urea groups is 1. The number of hydrogen-bond donors (Lipinski definition) is 1. The van der Waals surface area contributed by atoms with Gasteiger partial charge in [-0.15, -0.1) is 0 Å².